The predicted octanol–water partition coefficient (Wildman–Crippen LogP) is 1.80. The summed E-state index contributed by atoms with van der Waals surface area (Å²) in [7, 11) is 0. The number of nitrogens with zero attached hydrogens (tertiary/aromatic N) is 1. The summed E-state index contributed by atoms with van der Waals surface area (Å²) in [5, 5.41) is 7.31. The molecular weight excluding hydrogens is 265 g/mol. The van der Waals surface area contributed by atoms with E-state index in [0.29, 0.717) is 17.2 Å². The molecule has 102 valence electrons. The topological polar surface area (TPSA) is 45.7 Å². The highest BCUT2D eigenvalue weighted by Crippen LogP contribution is 2.10. The van der Waals surface area contributed by atoms with Gasteiger partial charge in [-0.15, -0.1) is 0 Å². The van der Waals surface area contributed by atoms with Gasteiger partial charge in [-0.05, 0) is 31.1 Å². The Bertz CT molecular complexity index is 461. The molecule has 0 saturated carbocycles. The Morgan fingerprint density at radius 3 is 3.11 bits per heavy atom. The summed E-state index contributed by atoms with van der Waals surface area (Å²) < 4.78 is 18.7. The second kappa shape index (κ2) is 7.16. The molecule has 1 aliphatic rings. The molecule has 0 amide bonds. The van der Waals surface area contributed by atoms with Crippen molar-refractivity contribution in [3.05, 3.63) is 35.6 Å². The highest BCUT2D eigenvalue weighted by atomic mass is 32.1. The minimum Gasteiger partial charge on any atom is -0.376 e. The van der Waals surface area contributed by atoms with Gasteiger partial charge in [0, 0.05) is 18.7 Å². The largest absolute Gasteiger partial charge is 0.376 e. The van der Waals surface area contributed by atoms with Gasteiger partial charge in [0.25, 0.3) is 0 Å². The predicted molar refractivity (Wildman–Crippen MR) is 76.7 cm³/mol. The van der Waals surface area contributed by atoms with Crippen LogP contribution in [0.3, 0.4) is 0 Å². The van der Waals surface area contributed by atoms with Gasteiger partial charge in [0.05, 0.1) is 12.3 Å². The summed E-state index contributed by atoms with van der Waals surface area (Å²) in [5.41, 5.74) is 3.06. The molecule has 6 heteroatoms. The van der Waals surface area contributed by atoms with Crippen LogP contribution in [0, 0.1) is 5.82 Å². The van der Waals surface area contributed by atoms with E-state index in [0.717, 1.165) is 19.4 Å². The Labute approximate surface area is 117 Å². The van der Waals surface area contributed by atoms with E-state index in [1.54, 1.807) is 18.2 Å². The van der Waals surface area contributed by atoms with Crippen LogP contribution in [0.15, 0.2) is 29.4 Å². The van der Waals surface area contributed by atoms with Gasteiger partial charge in [-0.25, -0.2) is 4.39 Å². The molecule has 1 atom stereocenters. The molecule has 1 aromatic carbocycles. The van der Waals surface area contributed by atoms with Crippen molar-refractivity contribution in [2.24, 2.45) is 5.10 Å². The normalized spacial score (nSPS) is 18.7. The van der Waals surface area contributed by atoms with Gasteiger partial charge >= 0.3 is 0 Å². The van der Waals surface area contributed by atoms with Gasteiger partial charge in [-0.3, -0.25) is 5.43 Å². The van der Waals surface area contributed by atoms with Gasteiger partial charge in [-0.1, -0.05) is 18.2 Å². The number of rotatable bonds is 4. The van der Waals surface area contributed by atoms with Gasteiger partial charge < -0.3 is 10.1 Å². The lowest BCUT2D eigenvalue weighted by Crippen LogP contribution is -2.37. The highest BCUT2D eigenvalue weighted by molar-refractivity contribution is 7.80. The minimum atomic E-state index is -0.314. The lowest BCUT2D eigenvalue weighted by atomic mass is 10.2. The van der Waals surface area contributed by atoms with Crippen molar-refractivity contribution in [2.75, 3.05) is 13.2 Å². The zero-order valence-corrected chi connectivity index (χ0v) is 11.3. The van der Waals surface area contributed by atoms with E-state index < -0.39 is 0 Å². The van der Waals surface area contributed by atoms with Crippen molar-refractivity contribution in [3.8, 4) is 0 Å². The van der Waals surface area contributed by atoms with Crippen molar-refractivity contribution >= 4 is 23.5 Å². The highest BCUT2D eigenvalue weighted by Gasteiger charge is 2.14. The molecular formula is C13H16FN3OS. The van der Waals surface area contributed by atoms with Crippen molar-refractivity contribution in [1.29, 1.82) is 0 Å². The molecule has 0 spiro atoms. The van der Waals surface area contributed by atoms with E-state index in [4.69, 9.17) is 17.0 Å². The average molecular weight is 281 g/mol. The van der Waals surface area contributed by atoms with Crippen molar-refractivity contribution < 1.29 is 9.13 Å². The third-order valence-corrected chi connectivity index (χ3v) is 3.02. The maximum absolute atomic E-state index is 13.3. The molecule has 4 nitrogen and oxygen atoms in total. The number of halogens is 1. The van der Waals surface area contributed by atoms with E-state index in [1.807, 2.05) is 0 Å². The second-order valence-corrected chi connectivity index (χ2v) is 4.64. The standard InChI is InChI=1S/C13H16FN3OS/c14-12-6-2-1-4-10(12)8-16-17-13(19)15-9-11-5-3-7-18-11/h1-2,4,6,8,11H,3,5,7,9H2,(H2,15,17,19)/b16-8-/t11-/m0/s1. The molecule has 0 unspecified atom stereocenters. The zero-order chi connectivity index (χ0) is 13.5. The third kappa shape index (κ3) is 4.57. The number of thiocarbonyl (C=S) groups is 1. The number of nitrogens with one attached hydrogen (secondary N) is 2. The number of hydrogen-bond acceptors (Lipinski definition) is 3. The maximum Gasteiger partial charge on any atom is 0.187 e. The van der Waals surface area contributed by atoms with Crippen LogP contribution in [0.1, 0.15) is 18.4 Å². The fourth-order valence-corrected chi connectivity index (χ4v) is 1.93. The molecule has 1 heterocycles. The van der Waals surface area contributed by atoms with Crippen molar-refractivity contribution in [2.45, 2.75) is 18.9 Å². The first-order valence-corrected chi connectivity index (χ1v) is 6.59. The summed E-state index contributed by atoms with van der Waals surface area (Å²) in [5.74, 6) is -0.314. The summed E-state index contributed by atoms with van der Waals surface area (Å²) in [6.45, 7) is 1.49. The molecule has 2 rings (SSSR count). The van der Waals surface area contributed by atoms with Gasteiger partial charge in [0.1, 0.15) is 5.82 Å². The molecule has 1 fully saturated rings. The fourth-order valence-electron chi connectivity index (χ4n) is 1.79. The first-order chi connectivity index (χ1) is 9.25. The summed E-state index contributed by atoms with van der Waals surface area (Å²) in [6.07, 6.45) is 3.76. The molecule has 0 radical (unpaired) electrons. The van der Waals surface area contributed by atoms with Crippen LogP contribution in [0.25, 0.3) is 0 Å². The first-order valence-electron chi connectivity index (χ1n) is 6.19. The summed E-state index contributed by atoms with van der Waals surface area (Å²) in [4.78, 5) is 0. The quantitative estimate of drug-likeness (QED) is 0.502. The van der Waals surface area contributed by atoms with E-state index in [2.05, 4.69) is 15.8 Å². The monoisotopic (exact) mass is 281 g/mol. The number of benzene rings is 1. The molecule has 1 saturated heterocycles. The molecule has 0 aromatic heterocycles. The van der Waals surface area contributed by atoms with E-state index >= 15 is 0 Å². The van der Waals surface area contributed by atoms with Crippen LogP contribution in [0.2, 0.25) is 0 Å². The number of hydrazone groups is 1. The lowest BCUT2D eigenvalue weighted by molar-refractivity contribution is 0.114. The Balaban J connectivity index is 1.72. The minimum absolute atomic E-state index is 0.218. The molecule has 1 aromatic rings. The van der Waals surface area contributed by atoms with E-state index in [-0.39, 0.29) is 11.9 Å². The Kier molecular flexibility index (Phi) is 5.23. The average Bonchev–Trinajstić information content (AvgIpc) is 2.92. The smallest absolute Gasteiger partial charge is 0.187 e. The van der Waals surface area contributed by atoms with Gasteiger partial charge in [0.2, 0.25) is 0 Å². The SMILES string of the molecule is Fc1ccccc1/C=N\NC(=S)NC[C@@H]1CCCO1. The Morgan fingerprint density at radius 2 is 2.37 bits per heavy atom. The van der Waals surface area contributed by atoms with Crippen LogP contribution in [-0.2, 0) is 4.74 Å². The van der Waals surface area contributed by atoms with Crippen LogP contribution >= 0.6 is 12.2 Å². The maximum atomic E-state index is 13.3. The van der Waals surface area contributed by atoms with Gasteiger partial charge in [0.15, 0.2) is 5.11 Å². The fraction of sp³-hybridized carbons (Fsp3) is 0.385. The first kappa shape index (κ1) is 13.9. The molecule has 0 aliphatic carbocycles. The van der Waals surface area contributed by atoms with E-state index in [9.17, 15) is 4.39 Å². The molecule has 0 bridgehead atoms. The van der Waals surface area contributed by atoms with Crippen LogP contribution in [0.5, 0.6) is 0 Å². The van der Waals surface area contributed by atoms with Crippen molar-refractivity contribution in [3.63, 3.8) is 0 Å². The number of hydrogen-bond donors (Lipinski definition) is 2. The molecule has 19 heavy (non-hydrogen) atoms. The van der Waals surface area contributed by atoms with Crippen LogP contribution < -0.4 is 10.7 Å². The molecule has 2 N–H and O–H groups in total. The lowest BCUT2D eigenvalue weighted by Gasteiger charge is -2.11. The summed E-state index contributed by atoms with van der Waals surface area (Å²) in [6, 6.07) is 6.41. The van der Waals surface area contributed by atoms with Gasteiger partial charge in [-0.2, -0.15) is 5.10 Å². The van der Waals surface area contributed by atoms with Crippen LogP contribution in [0.4, 0.5) is 4.39 Å². The second-order valence-electron chi connectivity index (χ2n) is 4.24. The Hall–Kier alpha value is -1.53. The van der Waals surface area contributed by atoms with Crippen molar-refractivity contribution in [1.82, 2.24) is 10.7 Å². The Morgan fingerprint density at radius 1 is 1.53 bits per heavy atom. The zero-order valence-electron chi connectivity index (χ0n) is 10.4. The molecule has 1 aliphatic heterocycles. The summed E-state index contributed by atoms with van der Waals surface area (Å²) >= 11 is 5.05. The van der Waals surface area contributed by atoms with Crippen LogP contribution in [-0.4, -0.2) is 30.6 Å². The third-order valence-electron chi connectivity index (χ3n) is 2.79. The van der Waals surface area contributed by atoms with E-state index in [1.165, 1.54) is 12.3 Å². The number of ether oxygens (including phenoxy) is 1.